The molecule has 0 unspecified atom stereocenters. The molecule has 58 valence electrons. The maximum Gasteiger partial charge on any atom is 0.119 e. The average molecular weight is 149 g/mol. The van der Waals surface area contributed by atoms with E-state index in [1.165, 1.54) is 18.5 Å². The van der Waals surface area contributed by atoms with Gasteiger partial charge >= 0.3 is 0 Å². The Kier molecular flexibility index (Phi) is 1.86. The molecule has 0 bridgehead atoms. The second kappa shape index (κ2) is 3.01. The van der Waals surface area contributed by atoms with Gasteiger partial charge in [0, 0.05) is 19.0 Å². The molecule has 0 spiro atoms. The number of aromatic nitrogens is 1. The van der Waals surface area contributed by atoms with E-state index < -0.39 is 0 Å². The van der Waals surface area contributed by atoms with Crippen LogP contribution in [0.15, 0.2) is 24.4 Å². The van der Waals surface area contributed by atoms with E-state index in [4.69, 9.17) is 0 Å². The summed E-state index contributed by atoms with van der Waals surface area (Å²) in [4.78, 5) is 4.25. The third-order valence-electron chi connectivity index (χ3n) is 2.01. The van der Waals surface area contributed by atoms with Gasteiger partial charge in [0.25, 0.3) is 0 Å². The number of pyridine rings is 1. The van der Waals surface area contributed by atoms with E-state index in [0.717, 1.165) is 12.6 Å². The van der Waals surface area contributed by atoms with Crippen LogP contribution in [0.3, 0.4) is 0 Å². The van der Waals surface area contributed by atoms with Crippen molar-refractivity contribution < 1.29 is 5.32 Å². The quantitative estimate of drug-likeness (QED) is 0.658. The molecule has 2 heteroatoms. The highest BCUT2D eigenvalue weighted by atomic mass is 15.0. The molecule has 11 heavy (non-hydrogen) atoms. The summed E-state index contributed by atoms with van der Waals surface area (Å²) in [5.41, 5.74) is 1.19. The van der Waals surface area contributed by atoms with Gasteiger partial charge in [0.15, 0.2) is 0 Å². The zero-order valence-corrected chi connectivity index (χ0v) is 6.53. The first kappa shape index (κ1) is 6.80. The maximum absolute atomic E-state index is 4.25. The van der Waals surface area contributed by atoms with Crippen molar-refractivity contribution in [2.24, 2.45) is 0 Å². The number of hydrogen-bond donors (Lipinski definition) is 1. The number of nitrogens with zero attached hydrogens (tertiary/aromatic N) is 1. The van der Waals surface area contributed by atoms with Crippen molar-refractivity contribution in [2.45, 2.75) is 25.4 Å². The van der Waals surface area contributed by atoms with Crippen LogP contribution < -0.4 is 5.32 Å². The Morgan fingerprint density at radius 3 is 3.00 bits per heavy atom. The molecule has 0 amide bonds. The molecule has 1 fully saturated rings. The lowest BCUT2D eigenvalue weighted by atomic mass is 10.3. The van der Waals surface area contributed by atoms with Gasteiger partial charge in [0.2, 0.25) is 0 Å². The zero-order valence-electron chi connectivity index (χ0n) is 6.53. The van der Waals surface area contributed by atoms with Gasteiger partial charge in [-0.25, -0.2) is 0 Å². The van der Waals surface area contributed by atoms with E-state index in [0.29, 0.717) is 0 Å². The van der Waals surface area contributed by atoms with Gasteiger partial charge in [0.05, 0.1) is 11.7 Å². The molecule has 2 N–H and O–H groups in total. The summed E-state index contributed by atoms with van der Waals surface area (Å²) < 4.78 is 0. The molecular weight excluding hydrogens is 136 g/mol. The highest BCUT2D eigenvalue weighted by Gasteiger charge is 2.24. The largest absolute Gasteiger partial charge is 0.339 e. The predicted octanol–water partition coefficient (Wildman–Crippen LogP) is 0.307. The van der Waals surface area contributed by atoms with Gasteiger partial charge in [-0.05, 0) is 12.1 Å². The van der Waals surface area contributed by atoms with Crippen LogP contribution in [0.4, 0.5) is 0 Å². The SMILES string of the molecule is c1ccc(C[NH2+]C2CC2)nc1. The molecule has 1 aliphatic rings. The first-order valence-corrected chi connectivity index (χ1v) is 4.18. The molecule has 0 saturated heterocycles. The lowest BCUT2D eigenvalue weighted by molar-refractivity contribution is -0.684. The summed E-state index contributed by atoms with van der Waals surface area (Å²) in [5, 5.41) is 2.38. The lowest BCUT2D eigenvalue weighted by Gasteiger charge is -1.97. The van der Waals surface area contributed by atoms with E-state index in [-0.39, 0.29) is 0 Å². The first-order chi connectivity index (χ1) is 5.45. The van der Waals surface area contributed by atoms with Crippen molar-refractivity contribution >= 4 is 0 Å². The van der Waals surface area contributed by atoms with Crippen LogP contribution in [-0.4, -0.2) is 11.0 Å². The molecular formula is C9H13N2+. The van der Waals surface area contributed by atoms with Crippen molar-refractivity contribution in [1.82, 2.24) is 4.98 Å². The second-order valence-electron chi connectivity index (χ2n) is 3.10. The van der Waals surface area contributed by atoms with E-state index in [2.05, 4.69) is 16.4 Å². The summed E-state index contributed by atoms with van der Waals surface area (Å²) in [5.74, 6) is 0. The molecule has 2 nitrogen and oxygen atoms in total. The topological polar surface area (TPSA) is 29.5 Å². The maximum atomic E-state index is 4.25. The van der Waals surface area contributed by atoms with Crippen LogP contribution in [0.2, 0.25) is 0 Å². The van der Waals surface area contributed by atoms with Crippen LogP contribution in [0.5, 0.6) is 0 Å². The smallest absolute Gasteiger partial charge is 0.119 e. The Labute approximate surface area is 66.7 Å². The molecule has 1 aromatic heterocycles. The third-order valence-corrected chi connectivity index (χ3v) is 2.01. The number of hydrogen-bond acceptors (Lipinski definition) is 1. The minimum atomic E-state index is 0.900. The van der Waals surface area contributed by atoms with E-state index >= 15 is 0 Å². The summed E-state index contributed by atoms with van der Waals surface area (Å²) in [6, 6.07) is 6.99. The standard InChI is InChI=1S/C9H12N2/c1-2-6-10-9(3-1)7-11-8-4-5-8/h1-3,6,8,11H,4-5,7H2/p+1. The summed E-state index contributed by atoms with van der Waals surface area (Å²) in [6.45, 7) is 1.05. The molecule has 0 radical (unpaired) electrons. The molecule has 1 saturated carbocycles. The minimum absolute atomic E-state index is 0.900. The number of rotatable bonds is 3. The highest BCUT2D eigenvalue weighted by molar-refractivity contribution is 5.01. The molecule has 2 rings (SSSR count). The van der Waals surface area contributed by atoms with Gasteiger partial charge in [-0.1, -0.05) is 6.07 Å². The fourth-order valence-corrected chi connectivity index (χ4v) is 1.14. The summed E-state index contributed by atoms with van der Waals surface area (Å²) >= 11 is 0. The summed E-state index contributed by atoms with van der Waals surface area (Å²) in [6.07, 6.45) is 4.65. The molecule has 0 aliphatic heterocycles. The van der Waals surface area contributed by atoms with Crippen molar-refractivity contribution in [3.05, 3.63) is 30.1 Å². The number of quaternary nitrogens is 1. The molecule has 1 heterocycles. The lowest BCUT2D eigenvalue weighted by Crippen LogP contribution is -2.84. The molecule has 0 atom stereocenters. The van der Waals surface area contributed by atoms with Crippen molar-refractivity contribution in [2.75, 3.05) is 0 Å². The van der Waals surface area contributed by atoms with Gasteiger partial charge in [0.1, 0.15) is 6.54 Å². The highest BCUT2D eigenvalue weighted by Crippen LogP contribution is 2.13. The van der Waals surface area contributed by atoms with Crippen LogP contribution in [0.25, 0.3) is 0 Å². The molecule has 1 aliphatic carbocycles. The Morgan fingerprint density at radius 1 is 1.45 bits per heavy atom. The first-order valence-electron chi connectivity index (χ1n) is 4.18. The minimum Gasteiger partial charge on any atom is -0.339 e. The van der Waals surface area contributed by atoms with Crippen LogP contribution in [0.1, 0.15) is 18.5 Å². The molecule has 0 aromatic carbocycles. The van der Waals surface area contributed by atoms with Gasteiger partial charge < -0.3 is 5.32 Å². The van der Waals surface area contributed by atoms with Crippen LogP contribution in [-0.2, 0) is 6.54 Å². The Balaban J connectivity index is 1.85. The van der Waals surface area contributed by atoms with Crippen molar-refractivity contribution in [1.29, 1.82) is 0 Å². The zero-order chi connectivity index (χ0) is 7.52. The normalized spacial score (nSPS) is 16.7. The van der Waals surface area contributed by atoms with E-state index in [9.17, 15) is 0 Å². The second-order valence-corrected chi connectivity index (χ2v) is 3.10. The number of nitrogens with two attached hydrogens (primary N) is 1. The Morgan fingerprint density at radius 2 is 2.36 bits per heavy atom. The van der Waals surface area contributed by atoms with Crippen molar-refractivity contribution in [3.8, 4) is 0 Å². The van der Waals surface area contributed by atoms with Gasteiger partial charge in [-0.3, -0.25) is 4.98 Å². The third kappa shape index (κ3) is 2.02. The van der Waals surface area contributed by atoms with Gasteiger partial charge in [-0.2, -0.15) is 0 Å². The fraction of sp³-hybridized carbons (Fsp3) is 0.444. The van der Waals surface area contributed by atoms with Crippen LogP contribution >= 0.6 is 0 Å². The van der Waals surface area contributed by atoms with Crippen molar-refractivity contribution in [3.63, 3.8) is 0 Å². The van der Waals surface area contributed by atoms with Gasteiger partial charge in [-0.15, -0.1) is 0 Å². The summed E-state index contributed by atoms with van der Waals surface area (Å²) in [7, 11) is 0. The molecule has 1 aromatic rings. The Hall–Kier alpha value is -0.890. The van der Waals surface area contributed by atoms with E-state index in [1.807, 2.05) is 18.3 Å². The monoisotopic (exact) mass is 149 g/mol. The Bertz CT molecular complexity index is 216. The predicted molar refractivity (Wildman–Crippen MR) is 42.9 cm³/mol. The van der Waals surface area contributed by atoms with Crippen LogP contribution in [0, 0.1) is 0 Å². The van der Waals surface area contributed by atoms with E-state index in [1.54, 1.807) is 0 Å². The average Bonchev–Trinajstić information content (AvgIpc) is 2.86. The fourth-order valence-electron chi connectivity index (χ4n) is 1.14.